The van der Waals surface area contributed by atoms with Crippen molar-refractivity contribution in [3.05, 3.63) is 16.6 Å². The van der Waals surface area contributed by atoms with Gasteiger partial charge in [0.25, 0.3) is 5.91 Å². The molecule has 1 amide bonds. The van der Waals surface area contributed by atoms with Gasteiger partial charge in [0.05, 0.1) is 12.5 Å². The van der Waals surface area contributed by atoms with Crippen molar-refractivity contribution in [2.45, 2.75) is 57.4 Å². The Morgan fingerprint density at radius 1 is 1.35 bits per heavy atom. The summed E-state index contributed by atoms with van der Waals surface area (Å²) in [5, 5.41) is 9.05. The van der Waals surface area contributed by atoms with Gasteiger partial charge in [-0.15, -0.1) is 0 Å². The second-order valence-electron chi connectivity index (χ2n) is 7.83. The molecule has 1 aromatic rings. The van der Waals surface area contributed by atoms with Gasteiger partial charge in [-0.25, -0.2) is 0 Å². The van der Waals surface area contributed by atoms with E-state index in [0.29, 0.717) is 18.7 Å². The van der Waals surface area contributed by atoms with Gasteiger partial charge < -0.3 is 4.90 Å². The van der Waals surface area contributed by atoms with Crippen molar-refractivity contribution in [3.63, 3.8) is 0 Å². The van der Waals surface area contributed by atoms with Crippen LogP contribution in [0.4, 0.5) is 0 Å². The van der Waals surface area contributed by atoms with E-state index < -0.39 is 0 Å². The van der Waals surface area contributed by atoms with Crippen LogP contribution in [0.3, 0.4) is 0 Å². The molecule has 0 saturated heterocycles. The summed E-state index contributed by atoms with van der Waals surface area (Å²) in [4.78, 5) is 16.3. The number of nitrogens with zero attached hydrogens (tertiary/aromatic N) is 3. The Labute approximate surface area is 141 Å². The fourth-order valence-corrected chi connectivity index (χ4v) is 6.25. The second-order valence-corrected chi connectivity index (χ2v) is 8.84. The molecule has 4 nitrogen and oxygen atoms in total. The zero-order valence-corrected chi connectivity index (χ0v) is 14.4. The molecule has 0 atom stereocenters. The Kier molecular flexibility index (Phi) is 3.68. The number of aryl methyl sites for hydroxylation is 1. The van der Waals surface area contributed by atoms with Crippen LogP contribution in [-0.4, -0.2) is 27.3 Å². The molecule has 122 valence electrons. The first kappa shape index (κ1) is 15.1. The number of aromatic nitrogens is 1. The lowest BCUT2D eigenvalue weighted by Gasteiger charge is -2.60. The quantitative estimate of drug-likeness (QED) is 0.845. The minimum absolute atomic E-state index is 0.000203. The molecule has 0 unspecified atom stereocenters. The molecular formula is C18H23N3OS. The van der Waals surface area contributed by atoms with E-state index in [2.05, 4.69) is 15.3 Å². The van der Waals surface area contributed by atoms with E-state index in [-0.39, 0.29) is 11.4 Å². The fraction of sp³-hybridized carbons (Fsp3) is 0.722. The van der Waals surface area contributed by atoms with Crippen molar-refractivity contribution in [2.24, 2.45) is 17.8 Å². The third kappa shape index (κ3) is 2.57. The third-order valence-electron chi connectivity index (χ3n) is 6.12. The van der Waals surface area contributed by atoms with Crippen LogP contribution >= 0.6 is 11.5 Å². The number of hydrogen-bond acceptors (Lipinski definition) is 4. The van der Waals surface area contributed by atoms with Crippen LogP contribution < -0.4 is 0 Å². The van der Waals surface area contributed by atoms with E-state index in [4.69, 9.17) is 5.26 Å². The summed E-state index contributed by atoms with van der Waals surface area (Å²) in [7, 11) is 0. The van der Waals surface area contributed by atoms with Crippen molar-refractivity contribution >= 4 is 17.4 Å². The van der Waals surface area contributed by atoms with Crippen LogP contribution in [0, 0.1) is 36.0 Å². The number of carbonyl (C=O) groups excluding carboxylic acids is 1. The molecule has 1 heterocycles. The topological polar surface area (TPSA) is 57.0 Å². The molecule has 4 fully saturated rings. The lowest BCUT2D eigenvalue weighted by Crippen LogP contribution is -2.61. The van der Waals surface area contributed by atoms with Gasteiger partial charge in [-0.05, 0) is 80.8 Å². The summed E-state index contributed by atoms with van der Waals surface area (Å²) in [5.74, 6) is 2.41. The number of amides is 1. The van der Waals surface area contributed by atoms with E-state index in [1.807, 2.05) is 13.0 Å². The summed E-state index contributed by atoms with van der Waals surface area (Å²) in [5.41, 5.74) is 0.571. The fourth-order valence-electron chi connectivity index (χ4n) is 5.72. The SMILES string of the molecule is Cc1cc(C(=O)N(CCC#N)C23CC4CC(CC(C4)C2)C3)ns1. The number of hydrogen-bond donors (Lipinski definition) is 0. The zero-order chi connectivity index (χ0) is 16.0. The Morgan fingerprint density at radius 2 is 1.96 bits per heavy atom. The maximum Gasteiger partial charge on any atom is 0.274 e. The lowest BCUT2D eigenvalue weighted by atomic mass is 9.52. The average Bonchev–Trinajstić information content (AvgIpc) is 2.92. The molecule has 4 saturated carbocycles. The van der Waals surface area contributed by atoms with Gasteiger partial charge in [-0.3, -0.25) is 4.79 Å². The smallest absolute Gasteiger partial charge is 0.274 e. The highest BCUT2D eigenvalue weighted by molar-refractivity contribution is 7.05. The van der Waals surface area contributed by atoms with E-state index >= 15 is 0 Å². The normalized spacial score (nSPS) is 34.3. The van der Waals surface area contributed by atoms with Crippen molar-refractivity contribution < 1.29 is 4.79 Å². The van der Waals surface area contributed by atoms with Gasteiger partial charge in [0.1, 0.15) is 5.69 Å². The van der Waals surface area contributed by atoms with Gasteiger partial charge in [0.2, 0.25) is 0 Å². The van der Waals surface area contributed by atoms with E-state index in [1.165, 1.54) is 30.8 Å². The molecule has 5 heteroatoms. The first-order chi connectivity index (χ1) is 11.1. The van der Waals surface area contributed by atoms with Crippen molar-refractivity contribution in [1.29, 1.82) is 5.26 Å². The van der Waals surface area contributed by atoms with E-state index in [9.17, 15) is 4.79 Å². The molecule has 0 N–H and O–H groups in total. The maximum atomic E-state index is 13.1. The van der Waals surface area contributed by atoms with Crippen LogP contribution in [0.2, 0.25) is 0 Å². The minimum Gasteiger partial charge on any atom is -0.331 e. The second kappa shape index (κ2) is 5.59. The summed E-state index contributed by atoms with van der Waals surface area (Å²) in [6.45, 7) is 2.54. The minimum atomic E-state index is 0.000203. The van der Waals surface area contributed by atoms with Crippen molar-refractivity contribution in [3.8, 4) is 6.07 Å². The van der Waals surface area contributed by atoms with Crippen LogP contribution in [-0.2, 0) is 0 Å². The molecule has 4 aliphatic rings. The third-order valence-corrected chi connectivity index (χ3v) is 6.81. The van der Waals surface area contributed by atoms with Gasteiger partial charge in [0.15, 0.2) is 0 Å². The first-order valence-corrected chi connectivity index (χ1v) is 9.49. The predicted molar refractivity (Wildman–Crippen MR) is 89.0 cm³/mol. The Balaban J connectivity index is 1.65. The molecular weight excluding hydrogens is 306 g/mol. The summed E-state index contributed by atoms with van der Waals surface area (Å²) in [6.07, 6.45) is 7.90. The first-order valence-electron chi connectivity index (χ1n) is 8.72. The number of rotatable bonds is 4. The largest absolute Gasteiger partial charge is 0.331 e. The van der Waals surface area contributed by atoms with Crippen LogP contribution in [0.25, 0.3) is 0 Å². The molecule has 0 aromatic carbocycles. The standard InChI is InChI=1S/C18H23N3OS/c1-12-5-16(20-23-12)17(22)21(4-2-3-19)18-9-13-6-14(10-18)8-15(7-13)11-18/h5,13-15H,2,4,6-11H2,1H3. The monoisotopic (exact) mass is 329 g/mol. The highest BCUT2D eigenvalue weighted by Gasteiger charge is 2.54. The number of carbonyl (C=O) groups is 1. The summed E-state index contributed by atoms with van der Waals surface area (Å²) >= 11 is 1.39. The average molecular weight is 329 g/mol. The van der Waals surface area contributed by atoms with Gasteiger partial charge in [0, 0.05) is 17.0 Å². The Bertz CT molecular complexity index is 624. The van der Waals surface area contributed by atoms with E-state index in [1.54, 1.807) is 0 Å². The van der Waals surface area contributed by atoms with Crippen LogP contribution in [0.5, 0.6) is 0 Å². The van der Waals surface area contributed by atoms with Gasteiger partial charge in [-0.1, -0.05) is 0 Å². The van der Waals surface area contributed by atoms with Crippen molar-refractivity contribution in [1.82, 2.24) is 9.27 Å². The zero-order valence-electron chi connectivity index (χ0n) is 13.6. The number of nitriles is 1. The molecule has 23 heavy (non-hydrogen) atoms. The molecule has 0 spiro atoms. The maximum absolute atomic E-state index is 13.1. The van der Waals surface area contributed by atoms with Crippen LogP contribution in [0.15, 0.2) is 6.07 Å². The molecule has 0 radical (unpaired) electrons. The van der Waals surface area contributed by atoms with Gasteiger partial charge >= 0.3 is 0 Å². The molecule has 5 rings (SSSR count). The van der Waals surface area contributed by atoms with Crippen LogP contribution in [0.1, 0.15) is 60.3 Å². The molecule has 1 aromatic heterocycles. The lowest BCUT2D eigenvalue weighted by molar-refractivity contribution is -0.0742. The predicted octanol–water partition coefficient (Wildman–Crippen LogP) is 3.78. The van der Waals surface area contributed by atoms with Gasteiger partial charge in [-0.2, -0.15) is 9.64 Å². The van der Waals surface area contributed by atoms with Crippen molar-refractivity contribution in [2.75, 3.05) is 6.54 Å². The summed E-state index contributed by atoms with van der Waals surface area (Å²) in [6, 6.07) is 4.13. The molecule has 0 aliphatic heterocycles. The summed E-state index contributed by atoms with van der Waals surface area (Å²) < 4.78 is 4.34. The highest BCUT2D eigenvalue weighted by Crippen LogP contribution is 2.58. The Hall–Kier alpha value is -1.41. The highest BCUT2D eigenvalue weighted by atomic mass is 32.1. The van der Waals surface area contributed by atoms with E-state index in [0.717, 1.165) is 41.9 Å². The molecule has 4 aliphatic carbocycles. The molecule has 4 bridgehead atoms. The Morgan fingerprint density at radius 3 is 2.43 bits per heavy atom.